The second kappa shape index (κ2) is 10.2. The second-order valence-electron chi connectivity index (χ2n) is 8.19. The molecule has 2 aromatic heterocycles. The number of piperidine rings is 1. The summed E-state index contributed by atoms with van der Waals surface area (Å²) in [4.78, 5) is 2.43. The highest BCUT2D eigenvalue weighted by Crippen LogP contribution is 2.32. The van der Waals surface area contributed by atoms with Gasteiger partial charge in [0, 0.05) is 5.69 Å². The summed E-state index contributed by atoms with van der Waals surface area (Å²) in [6.07, 6.45) is 3.62. The van der Waals surface area contributed by atoms with E-state index in [0.717, 1.165) is 24.6 Å². The number of hydrogen-bond acceptors (Lipinski definition) is 7. The molecule has 0 bridgehead atoms. The highest BCUT2D eigenvalue weighted by molar-refractivity contribution is 7.98. The van der Waals surface area contributed by atoms with Gasteiger partial charge in [-0.05, 0) is 69.3 Å². The maximum Gasteiger partial charge on any atom is 0.249 e. The molecule has 1 unspecified atom stereocenters. The van der Waals surface area contributed by atoms with E-state index in [0.29, 0.717) is 33.3 Å². The van der Waals surface area contributed by atoms with Gasteiger partial charge in [-0.15, -0.1) is 20.4 Å². The Morgan fingerprint density at radius 2 is 1.76 bits per heavy atom. The lowest BCUT2D eigenvalue weighted by atomic mass is 10.1. The first-order chi connectivity index (χ1) is 16.6. The molecule has 1 saturated heterocycles. The van der Waals surface area contributed by atoms with Crippen molar-refractivity contribution in [2.45, 2.75) is 43.1 Å². The summed E-state index contributed by atoms with van der Waals surface area (Å²) in [6, 6.07) is 13.8. The van der Waals surface area contributed by atoms with Gasteiger partial charge in [0.15, 0.2) is 11.0 Å². The molecule has 34 heavy (non-hydrogen) atoms. The van der Waals surface area contributed by atoms with Crippen LogP contribution in [0.5, 0.6) is 0 Å². The van der Waals surface area contributed by atoms with Crippen molar-refractivity contribution in [3.8, 4) is 17.1 Å². The lowest BCUT2D eigenvalue weighted by Gasteiger charge is -2.31. The molecule has 0 aliphatic carbocycles. The Bertz CT molecular complexity index is 1250. The van der Waals surface area contributed by atoms with E-state index in [2.05, 4.69) is 32.2 Å². The van der Waals surface area contributed by atoms with Gasteiger partial charge in [-0.1, -0.05) is 41.9 Å². The molecular formula is C24H24ClFN6OS. The van der Waals surface area contributed by atoms with Crippen molar-refractivity contribution >= 4 is 23.4 Å². The maximum atomic E-state index is 13.6. The lowest BCUT2D eigenvalue weighted by Crippen LogP contribution is -2.33. The number of benzene rings is 2. The molecule has 1 atom stereocenters. The monoisotopic (exact) mass is 498 g/mol. The number of aromatic nitrogens is 5. The van der Waals surface area contributed by atoms with Gasteiger partial charge in [0.1, 0.15) is 5.82 Å². The van der Waals surface area contributed by atoms with Crippen LogP contribution in [0, 0.1) is 5.82 Å². The van der Waals surface area contributed by atoms with Gasteiger partial charge < -0.3 is 4.42 Å². The predicted molar refractivity (Wildman–Crippen MR) is 129 cm³/mol. The molecule has 1 fully saturated rings. The molecule has 0 radical (unpaired) electrons. The van der Waals surface area contributed by atoms with Crippen LogP contribution in [0.2, 0.25) is 5.02 Å². The zero-order valence-corrected chi connectivity index (χ0v) is 20.3. The average Bonchev–Trinajstić information content (AvgIpc) is 3.51. The second-order valence-corrected chi connectivity index (χ2v) is 9.54. The summed E-state index contributed by atoms with van der Waals surface area (Å²) >= 11 is 7.70. The van der Waals surface area contributed by atoms with Crippen molar-refractivity contribution in [1.29, 1.82) is 0 Å². The minimum Gasteiger partial charge on any atom is -0.420 e. The number of likely N-dealkylation sites (tertiary alicyclic amines) is 1. The molecule has 3 heterocycles. The molecule has 0 amide bonds. The minimum absolute atomic E-state index is 0.0856. The van der Waals surface area contributed by atoms with Crippen molar-refractivity contribution in [2.24, 2.45) is 0 Å². The molecule has 0 spiro atoms. The van der Waals surface area contributed by atoms with Crippen molar-refractivity contribution in [3.05, 3.63) is 71.1 Å². The smallest absolute Gasteiger partial charge is 0.249 e. The predicted octanol–water partition coefficient (Wildman–Crippen LogP) is 5.95. The first-order valence-corrected chi connectivity index (χ1v) is 12.6. The fourth-order valence-corrected chi connectivity index (χ4v) is 5.14. The van der Waals surface area contributed by atoms with Gasteiger partial charge in [0.2, 0.25) is 11.8 Å². The standard InChI is InChI=1S/C24H24ClFN6OS/c1-16(31-13-5-2-6-14-31)22-28-30-24(32(22)18-11-9-17(26)10-12-18)34-15-21-27-29-23(33-21)19-7-3-4-8-20(19)25/h3-4,7-12,16H,2,5-6,13-15H2,1H3. The maximum absolute atomic E-state index is 13.6. The Morgan fingerprint density at radius 3 is 2.53 bits per heavy atom. The molecule has 1 aliphatic rings. The molecule has 1 aliphatic heterocycles. The third kappa shape index (κ3) is 4.87. The summed E-state index contributed by atoms with van der Waals surface area (Å²) in [5, 5.41) is 18.6. The normalized spacial score (nSPS) is 15.5. The quantitative estimate of drug-likeness (QED) is 0.291. The largest absolute Gasteiger partial charge is 0.420 e. The topological polar surface area (TPSA) is 72.9 Å². The molecule has 2 aromatic carbocycles. The van der Waals surface area contributed by atoms with Crippen molar-refractivity contribution in [2.75, 3.05) is 13.1 Å². The van der Waals surface area contributed by atoms with Gasteiger partial charge >= 0.3 is 0 Å². The van der Waals surface area contributed by atoms with Crippen LogP contribution in [0.25, 0.3) is 17.1 Å². The van der Waals surface area contributed by atoms with Crippen LogP contribution < -0.4 is 0 Å². The number of nitrogens with zero attached hydrogens (tertiary/aromatic N) is 6. The van der Waals surface area contributed by atoms with Crippen LogP contribution in [0.15, 0.2) is 58.1 Å². The van der Waals surface area contributed by atoms with Crippen LogP contribution >= 0.6 is 23.4 Å². The zero-order chi connectivity index (χ0) is 23.5. The first-order valence-electron chi connectivity index (χ1n) is 11.3. The van der Waals surface area contributed by atoms with Gasteiger partial charge in [-0.3, -0.25) is 9.47 Å². The molecule has 0 saturated carbocycles. The van der Waals surface area contributed by atoms with Crippen LogP contribution in [0.3, 0.4) is 0 Å². The molecule has 10 heteroatoms. The van der Waals surface area contributed by atoms with Gasteiger partial charge in [0.05, 0.1) is 22.4 Å². The third-order valence-corrected chi connectivity index (χ3v) is 7.19. The molecule has 176 valence electrons. The number of hydrogen-bond donors (Lipinski definition) is 0. The Morgan fingerprint density at radius 1 is 1.00 bits per heavy atom. The number of thioether (sulfide) groups is 1. The number of rotatable bonds is 7. The van der Waals surface area contributed by atoms with Crippen molar-refractivity contribution in [3.63, 3.8) is 0 Å². The van der Waals surface area contributed by atoms with Gasteiger partial charge in [-0.25, -0.2) is 4.39 Å². The summed E-state index contributed by atoms with van der Waals surface area (Å²) in [6.45, 7) is 4.22. The van der Waals surface area contributed by atoms with Crippen molar-refractivity contribution < 1.29 is 8.81 Å². The average molecular weight is 499 g/mol. The van der Waals surface area contributed by atoms with E-state index in [1.165, 1.54) is 43.2 Å². The first kappa shape index (κ1) is 23.0. The highest BCUT2D eigenvalue weighted by Gasteiger charge is 2.26. The molecular weight excluding hydrogens is 475 g/mol. The minimum atomic E-state index is -0.283. The number of halogens is 2. The SMILES string of the molecule is CC(c1nnc(SCc2nnc(-c3ccccc3Cl)o2)n1-c1ccc(F)cc1)N1CCCCC1. The van der Waals surface area contributed by atoms with E-state index in [4.69, 9.17) is 16.0 Å². The Balaban J connectivity index is 1.41. The molecule has 4 aromatic rings. The van der Waals surface area contributed by atoms with E-state index in [9.17, 15) is 4.39 Å². The van der Waals surface area contributed by atoms with Gasteiger partial charge in [0.25, 0.3) is 0 Å². The van der Waals surface area contributed by atoms with Crippen LogP contribution in [0.1, 0.15) is 43.9 Å². The molecule has 7 nitrogen and oxygen atoms in total. The zero-order valence-electron chi connectivity index (χ0n) is 18.7. The van der Waals surface area contributed by atoms with E-state index >= 15 is 0 Å². The Hall–Kier alpha value is -2.75. The summed E-state index contributed by atoms with van der Waals surface area (Å²) in [5.74, 6) is 1.79. The van der Waals surface area contributed by atoms with E-state index in [1.54, 1.807) is 18.2 Å². The fraction of sp³-hybridized carbons (Fsp3) is 0.333. The highest BCUT2D eigenvalue weighted by atomic mass is 35.5. The summed E-state index contributed by atoms with van der Waals surface area (Å²) < 4.78 is 21.5. The van der Waals surface area contributed by atoms with Gasteiger partial charge in [-0.2, -0.15) is 0 Å². The Kier molecular flexibility index (Phi) is 6.94. The van der Waals surface area contributed by atoms with Crippen LogP contribution in [-0.2, 0) is 5.75 Å². The van der Waals surface area contributed by atoms with Crippen LogP contribution in [-0.4, -0.2) is 43.0 Å². The van der Waals surface area contributed by atoms with Crippen molar-refractivity contribution in [1.82, 2.24) is 29.9 Å². The van der Waals surface area contributed by atoms with E-state index in [-0.39, 0.29) is 11.9 Å². The summed E-state index contributed by atoms with van der Waals surface area (Å²) in [7, 11) is 0. The third-order valence-electron chi connectivity index (χ3n) is 5.95. The van der Waals surface area contributed by atoms with E-state index < -0.39 is 0 Å². The lowest BCUT2D eigenvalue weighted by molar-refractivity contribution is 0.167. The fourth-order valence-electron chi connectivity index (χ4n) is 4.13. The van der Waals surface area contributed by atoms with Crippen LogP contribution in [0.4, 0.5) is 4.39 Å². The Labute approximate surface area is 206 Å². The summed E-state index contributed by atoms with van der Waals surface area (Å²) in [5.41, 5.74) is 1.51. The van der Waals surface area contributed by atoms with E-state index in [1.807, 2.05) is 22.8 Å². The molecule has 5 rings (SSSR count). The molecule has 0 N–H and O–H groups in total.